The van der Waals surface area contributed by atoms with E-state index < -0.39 is 0 Å². The molecule has 0 atom stereocenters. The fraction of sp³-hybridized carbons (Fsp3) is 0.652. The number of amides is 2. The zero-order chi connectivity index (χ0) is 21.7. The summed E-state index contributed by atoms with van der Waals surface area (Å²) in [5.41, 5.74) is 3.99. The lowest BCUT2D eigenvalue weighted by Gasteiger charge is -2.39. The van der Waals surface area contributed by atoms with Gasteiger partial charge in [-0.25, -0.2) is 0 Å². The van der Waals surface area contributed by atoms with Gasteiger partial charge in [-0.3, -0.25) is 19.4 Å². The summed E-state index contributed by atoms with van der Waals surface area (Å²) in [6.45, 7) is 15.9. The molecule has 2 aliphatic heterocycles. The molecule has 0 spiro atoms. The van der Waals surface area contributed by atoms with Crippen molar-refractivity contribution in [3.8, 4) is 0 Å². The fourth-order valence-electron chi connectivity index (χ4n) is 4.24. The Balaban J connectivity index is 1.40. The van der Waals surface area contributed by atoms with E-state index in [1.165, 1.54) is 16.8 Å². The predicted octanol–water partition coefficient (Wildman–Crippen LogP) is 1.09. The third kappa shape index (κ3) is 5.95. The minimum Gasteiger partial charge on any atom is -0.369 e. The molecule has 2 saturated heterocycles. The van der Waals surface area contributed by atoms with Gasteiger partial charge in [0.1, 0.15) is 0 Å². The number of carbonyl (C=O) groups excluding carboxylic acids is 2. The Morgan fingerprint density at radius 3 is 2.13 bits per heavy atom. The number of nitrogens with zero attached hydrogens (tertiary/aromatic N) is 4. The highest BCUT2D eigenvalue weighted by atomic mass is 16.2. The molecule has 2 fully saturated rings. The van der Waals surface area contributed by atoms with Crippen molar-refractivity contribution in [2.24, 2.45) is 0 Å². The van der Waals surface area contributed by atoms with Gasteiger partial charge in [-0.2, -0.15) is 0 Å². The van der Waals surface area contributed by atoms with Gasteiger partial charge in [0, 0.05) is 64.1 Å². The summed E-state index contributed by atoms with van der Waals surface area (Å²) < 4.78 is 0. The van der Waals surface area contributed by atoms with Gasteiger partial charge in [-0.15, -0.1) is 0 Å². The second-order valence-electron chi connectivity index (χ2n) is 8.86. The van der Waals surface area contributed by atoms with Crippen molar-refractivity contribution >= 4 is 17.5 Å². The molecule has 1 N–H and O–H groups in total. The van der Waals surface area contributed by atoms with E-state index in [0.717, 1.165) is 39.3 Å². The maximum atomic E-state index is 12.8. The normalized spacial score (nSPS) is 18.7. The van der Waals surface area contributed by atoms with Crippen LogP contribution in [0.3, 0.4) is 0 Å². The van der Waals surface area contributed by atoms with E-state index >= 15 is 0 Å². The van der Waals surface area contributed by atoms with Crippen LogP contribution < -0.4 is 10.2 Å². The predicted molar refractivity (Wildman–Crippen MR) is 121 cm³/mol. The molecule has 0 saturated carbocycles. The maximum Gasteiger partial charge on any atom is 0.236 e. The molecule has 0 unspecified atom stereocenters. The van der Waals surface area contributed by atoms with E-state index in [-0.39, 0.29) is 17.9 Å². The van der Waals surface area contributed by atoms with Gasteiger partial charge in [0.25, 0.3) is 0 Å². The van der Waals surface area contributed by atoms with Crippen LogP contribution in [0.5, 0.6) is 0 Å². The number of benzene rings is 1. The molecule has 1 aromatic carbocycles. The summed E-state index contributed by atoms with van der Waals surface area (Å²) in [6, 6.07) is 6.64. The number of nitrogens with one attached hydrogen (secondary N) is 1. The van der Waals surface area contributed by atoms with Crippen LogP contribution in [0.15, 0.2) is 18.2 Å². The summed E-state index contributed by atoms with van der Waals surface area (Å²) in [4.78, 5) is 33.5. The van der Waals surface area contributed by atoms with E-state index in [1.807, 2.05) is 18.7 Å². The summed E-state index contributed by atoms with van der Waals surface area (Å²) in [7, 11) is 0. The van der Waals surface area contributed by atoms with Crippen LogP contribution in [0.1, 0.15) is 25.0 Å². The van der Waals surface area contributed by atoms with E-state index in [1.54, 1.807) is 0 Å². The molecule has 166 valence electrons. The molecule has 0 aromatic heterocycles. The summed E-state index contributed by atoms with van der Waals surface area (Å²) in [6.07, 6.45) is 0. The fourth-order valence-corrected chi connectivity index (χ4v) is 4.24. The van der Waals surface area contributed by atoms with Crippen molar-refractivity contribution in [1.29, 1.82) is 0 Å². The molecule has 2 heterocycles. The first-order valence-electron chi connectivity index (χ1n) is 11.2. The van der Waals surface area contributed by atoms with Crippen LogP contribution >= 0.6 is 0 Å². The Bertz CT molecular complexity index is 735. The second-order valence-corrected chi connectivity index (χ2v) is 8.86. The SMILES string of the molecule is Cc1cccc(N2CCN(CC(=O)N3CCN(CC(=O)NC(C)C)CC3)CC2)c1C. The summed E-state index contributed by atoms with van der Waals surface area (Å²) >= 11 is 0. The van der Waals surface area contributed by atoms with Crippen LogP contribution in [-0.4, -0.2) is 98.0 Å². The highest BCUT2D eigenvalue weighted by molar-refractivity contribution is 5.79. The molecule has 0 aliphatic carbocycles. The third-order valence-corrected chi connectivity index (χ3v) is 6.19. The van der Waals surface area contributed by atoms with Gasteiger partial charge in [0.05, 0.1) is 13.1 Å². The molecule has 30 heavy (non-hydrogen) atoms. The monoisotopic (exact) mass is 415 g/mol. The lowest BCUT2D eigenvalue weighted by atomic mass is 10.1. The van der Waals surface area contributed by atoms with Crippen molar-refractivity contribution < 1.29 is 9.59 Å². The Kier molecular flexibility index (Phi) is 7.72. The lowest BCUT2D eigenvalue weighted by Crippen LogP contribution is -2.55. The molecule has 7 nitrogen and oxygen atoms in total. The average molecular weight is 416 g/mol. The van der Waals surface area contributed by atoms with Gasteiger partial charge in [-0.1, -0.05) is 12.1 Å². The van der Waals surface area contributed by atoms with Crippen molar-refractivity contribution in [1.82, 2.24) is 20.0 Å². The highest BCUT2D eigenvalue weighted by Gasteiger charge is 2.26. The molecule has 2 aliphatic rings. The van der Waals surface area contributed by atoms with Gasteiger partial charge in [0.15, 0.2) is 0 Å². The Morgan fingerprint density at radius 2 is 1.50 bits per heavy atom. The van der Waals surface area contributed by atoms with Crippen LogP contribution in [0.2, 0.25) is 0 Å². The number of anilines is 1. The maximum absolute atomic E-state index is 12.8. The van der Waals surface area contributed by atoms with E-state index in [9.17, 15) is 9.59 Å². The number of hydrogen-bond donors (Lipinski definition) is 1. The second kappa shape index (κ2) is 10.3. The molecule has 0 bridgehead atoms. The van der Waals surface area contributed by atoms with Gasteiger partial charge in [0.2, 0.25) is 11.8 Å². The van der Waals surface area contributed by atoms with Crippen molar-refractivity contribution in [2.45, 2.75) is 33.7 Å². The molecule has 3 rings (SSSR count). The molecule has 1 aromatic rings. The summed E-state index contributed by atoms with van der Waals surface area (Å²) in [5.74, 6) is 0.271. The number of piperazine rings is 2. The van der Waals surface area contributed by atoms with Gasteiger partial charge in [-0.05, 0) is 44.9 Å². The minimum absolute atomic E-state index is 0.0616. The lowest BCUT2D eigenvalue weighted by molar-refractivity contribution is -0.134. The molecular weight excluding hydrogens is 378 g/mol. The standard InChI is InChI=1S/C23H37N5O2/c1-18(2)24-22(29)16-25-10-14-28(15-11-25)23(30)17-26-8-12-27(13-9-26)21-7-5-6-19(3)20(21)4/h5-7,18H,8-17H2,1-4H3,(H,24,29). The quantitative estimate of drug-likeness (QED) is 0.754. The van der Waals surface area contributed by atoms with Crippen molar-refractivity contribution in [3.05, 3.63) is 29.3 Å². The number of aryl methyl sites for hydroxylation is 1. The Morgan fingerprint density at radius 1 is 0.900 bits per heavy atom. The van der Waals surface area contributed by atoms with Crippen LogP contribution in [0.4, 0.5) is 5.69 Å². The number of hydrogen-bond acceptors (Lipinski definition) is 5. The molecular formula is C23H37N5O2. The molecule has 2 amide bonds. The minimum atomic E-state index is 0.0616. The van der Waals surface area contributed by atoms with Crippen molar-refractivity contribution in [3.63, 3.8) is 0 Å². The van der Waals surface area contributed by atoms with Crippen LogP contribution in [0, 0.1) is 13.8 Å². The number of carbonyl (C=O) groups is 2. The van der Waals surface area contributed by atoms with Crippen LogP contribution in [-0.2, 0) is 9.59 Å². The highest BCUT2D eigenvalue weighted by Crippen LogP contribution is 2.23. The average Bonchev–Trinajstić information content (AvgIpc) is 2.70. The summed E-state index contributed by atoms with van der Waals surface area (Å²) in [5, 5.41) is 2.93. The Labute approximate surface area is 181 Å². The molecule has 7 heteroatoms. The first-order valence-corrected chi connectivity index (χ1v) is 11.2. The largest absolute Gasteiger partial charge is 0.369 e. The van der Waals surface area contributed by atoms with Gasteiger partial charge >= 0.3 is 0 Å². The van der Waals surface area contributed by atoms with E-state index in [0.29, 0.717) is 26.2 Å². The number of rotatable bonds is 6. The van der Waals surface area contributed by atoms with Crippen molar-refractivity contribution in [2.75, 3.05) is 70.3 Å². The Hall–Kier alpha value is -2.12. The zero-order valence-corrected chi connectivity index (χ0v) is 19.0. The smallest absolute Gasteiger partial charge is 0.236 e. The first-order chi connectivity index (χ1) is 14.3. The van der Waals surface area contributed by atoms with Crippen LogP contribution in [0.25, 0.3) is 0 Å². The third-order valence-electron chi connectivity index (χ3n) is 6.19. The topological polar surface area (TPSA) is 59.1 Å². The van der Waals surface area contributed by atoms with E-state index in [2.05, 4.69) is 52.1 Å². The van der Waals surface area contributed by atoms with Gasteiger partial charge < -0.3 is 15.1 Å². The first kappa shape index (κ1) is 22.6. The van der Waals surface area contributed by atoms with E-state index in [4.69, 9.17) is 0 Å². The molecule has 0 radical (unpaired) electrons. The zero-order valence-electron chi connectivity index (χ0n) is 19.0.